The number of allylic oxidation sites excluding steroid dienone is 1. The number of nitrogens with zero attached hydrogens (tertiary/aromatic N) is 1. The van der Waals surface area contributed by atoms with Gasteiger partial charge in [-0.15, -0.1) is 0 Å². The molecule has 47 heavy (non-hydrogen) atoms. The molecule has 2 atom stereocenters. The molecule has 2 fully saturated rings. The third-order valence-electron chi connectivity index (χ3n) is 8.79. The second-order valence-electron chi connectivity index (χ2n) is 11.9. The lowest BCUT2D eigenvalue weighted by molar-refractivity contribution is 0.233. The standard InChI is InChI=1S/C28H37N3O2S.C6H12O.2C2H6.2H2O.2H2/c1-19-7-13-24-23(15-19)12-14-26-25(24)16-28(31-26)29-17-21-8-10-22(11-9-21)18-30-34(32,33)27-6-4-3-5-20(27)2;1-3-4-5-6-7-2;2*1-2;;;;/h3-7,13,15,21-22,25-26,30H,8-12,14,16-18H2,1-2H3,(H,29,31);4-5H,3,6H2,1-2H3;2*1-2H3;2*1H2;2*1H/b;5-4+;;;;;;. The van der Waals surface area contributed by atoms with Crippen LogP contribution in [0.1, 0.15) is 111 Å². The molecule has 0 aromatic heterocycles. The highest BCUT2D eigenvalue weighted by Gasteiger charge is 2.36. The van der Waals surface area contributed by atoms with E-state index in [1.807, 2.05) is 52.8 Å². The number of ether oxygens (including phenoxy) is 1. The fraction of sp³-hybridized carbons (Fsp3) is 0.605. The number of rotatable bonds is 9. The maximum atomic E-state index is 12.7. The number of benzene rings is 2. The van der Waals surface area contributed by atoms with Gasteiger partial charge >= 0.3 is 0 Å². The quantitative estimate of drug-likeness (QED) is 0.267. The van der Waals surface area contributed by atoms with Gasteiger partial charge in [0.2, 0.25) is 10.0 Å². The minimum absolute atomic E-state index is 0. The highest BCUT2D eigenvalue weighted by atomic mass is 32.2. The first-order chi connectivity index (χ1) is 21.8. The Morgan fingerprint density at radius 3 is 2.26 bits per heavy atom. The molecule has 0 radical (unpaired) electrons. The number of amidine groups is 1. The van der Waals surface area contributed by atoms with E-state index >= 15 is 0 Å². The van der Waals surface area contributed by atoms with Crippen molar-refractivity contribution in [1.82, 2.24) is 10.0 Å². The van der Waals surface area contributed by atoms with Crippen LogP contribution in [0.3, 0.4) is 0 Å². The molecule has 5 rings (SSSR count). The average Bonchev–Trinajstić information content (AvgIpc) is 3.49. The summed E-state index contributed by atoms with van der Waals surface area (Å²) < 4.78 is 33.0. The van der Waals surface area contributed by atoms with Gasteiger partial charge in [0.05, 0.1) is 17.3 Å². The van der Waals surface area contributed by atoms with Crippen molar-refractivity contribution in [3.05, 3.63) is 76.9 Å². The van der Waals surface area contributed by atoms with E-state index in [9.17, 15) is 8.42 Å². The van der Waals surface area contributed by atoms with E-state index in [1.54, 1.807) is 19.2 Å². The van der Waals surface area contributed by atoms with Crippen molar-refractivity contribution >= 4 is 15.9 Å². The molecule has 8 nitrogen and oxygen atoms in total. The zero-order valence-corrected chi connectivity index (χ0v) is 31.2. The largest absolute Gasteiger partial charge is 0.412 e. The number of nitrogens with one attached hydrogen (secondary N) is 2. The van der Waals surface area contributed by atoms with Crippen LogP contribution in [0.4, 0.5) is 0 Å². The lowest BCUT2D eigenvalue weighted by atomic mass is 9.79. The number of hydrogen-bond acceptors (Lipinski definition) is 4. The van der Waals surface area contributed by atoms with Gasteiger partial charge in [0.15, 0.2) is 0 Å². The van der Waals surface area contributed by atoms with Crippen molar-refractivity contribution in [3.63, 3.8) is 0 Å². The molecule has 1 saturated carbocycles. The van der Waals surface area contributed by atoms with E-state index in [0.717, 1.165) is 63.7 Å². The van der Waals surface area contributed by atoms with Crippen LogP contribution in [-0.2, 0) is 21.2 Å². The smallest absolute Gasteiger partial charge is 0.240 e. The molecule has 0 bridgehead atoms. The first-order valence-corrected chi connectivity index (χ1v) is 18.9. The first kappa shape index (κ1) is 44.4. The minimum atomic E-state index is -3.44. The van der Waals surface area contributed by atoms with E-state index in [-0.39, 0.29) is 13.8 Å². The number of hydrogen-bond donors (Lipinski definition) is 2. The Morgan fingerprint density at radius 2 is 1.62 bits per heavy atom. The molecule has 0 spiro atoms. The summed E-state index contributed by atoms with van der Waals surface area (Å²) in [6.07, 6.45) is 13.0. The number of aryl methyl sites for hydroxylation is 3. The van der Waals surface area contributed by atoms with Gasteiger partial charge in [-0.1, -0.05) is 88.7 Å². The second-order valence-corrected chi connectivity index (χ2v) is 13.7. The van der Waals surface area contributed by atoms with Gasteiger partial charge in [0.1, 0.15) is 0 Å². The maximum absolute atomic E-state index is 12.7. The van der Waals surface area contributed by atoms with Crippen LogP contribution in [0.5, 0.6) is 0 Å². The van der Waals surface area contributed by atoms with Crippen LogP contribution in [0.2, 0.25) is 0 Å². The predicted molar refractivity (Wildman–Crippen MR) is 203 cm³/mol. The third kappa shape index (κ3) is 13.8. The minimum Gasteiger partial charge on any atom is -0.412 e. The van der Waals surface area contributed by atoms with Crippen LogP contribution >= 0.6 is 0 Å². The fourth-order valence-corrected chi connectivity index (χ4v) is 7.77. The molecule has 2 unspecified atom stereocenters. The topological polar surface area (TPSA) is 143 Å². The molecule has 2 aliphatic carbocycles. The van der Waals surface area contributed by atoms with Crippen molar-refractivity contribution in [2.24, 2.45) is 16.8 Å². The zero-order valence-electron chi connectivity index (χ0n) is 30.4. The number of sulfonamides is 1. The highest BCUT2D eigenvalue weighted by molar-refractivity contribution is 7.89. The fourth-order valence-electron chi connectivity index (χ4n) is 6.41. The van der Waals surface area contributed by atoms with Crippen LogP contribution in [0.15, 0.2) is 64.5 Å². The van der Waals surface area contributed by atoms with Crippen molar-refractivity contribution in [2.75, 3.05) is 26.8 Å². The maximum Gasteiger partial charge on any atom is 0.240 e. The molecule has 0 amide bonds. The first-order valence-electron chi connectivity index (χ1n) is 17.4. The number of fused-ring (bicyclic) bond motifs is 3. The van der Waals surface area contributed by atoms with Gasteiger partial charge in [-0.05, 0) is 93.4 Å². The van der Waals surface area contributed by atoms with Crippen molar-refractivity contribution in [3.8, 4) is 0 Å². The van der Waals surface area contributed by atoms with Gasteiger partial charge in [-0.2, -0.15) is 0 Å². The van der Waals surface area contributed by atoms with Crippen molar-refractivity contribution < 1.29 is 27.0 Å². The summed E-state index contributed by atoms with van der Waals surface area (Å²) >= 11 is 0. The Kier molecular flexibility index (Phi) is 22.4. The molecule has 9 heteroatoms. The molecule has 1 saturated heterocycles. The summed E-state index contributed by atoms with van der Waals surface area (Å²) in [4.78, 5) is 5.41. The lowest BCUT2D eigenvalue weighted by Gasteiger charge is -2.28. The molecule has 2 aromatic rings. The average molecular weight is 680 g/mol. The van der Waals surface area contributed by atoms with Gasteiger partial charge in [-0.25, -0.2) is 13.1 Å². The van der Waals surface area contributed by atoms with Crippen molar-refractivity contribution in [1.29, 1.82) is 0 Å². The normalized spacial score (nSPS) is 21.9. The van der Waals surface area contributed by atoms with E-state index in [1.165, 1.54) is 28.9 Å². The molecule has 6 N–H and O–H groups in total. The van der Waals surface area contributed by atoms with Gasteiger partial charge in [0.25, 0.3) is 0 Å². The Hall–Kier alpha value is -2.56. The Labute approximate surface area is 289 Å². The van der Waals surface area contributed by atoms with Gasteiger partial charge < -0.3 is 21.0 Å². The van der Waals surface area contributed by atoms with E-state index in [2.05, 4.69) is 48.2 Å². The molecular formula is C38H69N3O5S. The monoisotopic (exact) mass is 679 g/mol. The van der Waals surface area contributed by atoms with Crippen LogP contribution < -0.4 is 10.0 Å². The summed E-state index contributed by atoms with van der Waals surface area (Å²) in [6, 6.07) is 14.6. The number of aliphatic imine (C=N–C) groups is 1. The van der Waals surface area contributed by atoms with E-state index < -0.39 is 10.0 Å². The molecule has 272 valence electrons. The lowest BCUT2D eigenvalue weighted by Crippen LogP contribution is -2.32. The van der Waals surface area contributed by atoms with Gasteiger partial charge in [0, 0.05) is 41.4 Å². The Bertz CT molecular complexity index is 1320. The van der Waals surface area contributed by atoms with Crippen LogP contribution in [0, 0.1) is 25.7 Å². The third-order valence-corrected chi connectivity index (χ3v) is 10.4. The molecule has 3 aliphatic rings. The Morgan fingerprint density at radius 1 is 0.957 bits per heavy atom. The van der Waals surface area contributed by atoms with Crippen molar-refractivity contribution in [2.45, 2.75) is 117 Å². The summed E-state index contributed by atoms with van der Waals surface area (Å²) in [5.41, 5.74) is 5.20. The van der Waals surface area contributed by atoms with Crippen LogP contribution in [0.25, 0.3) is 0 Å². The predicted octanol–water partition coefficient (Wildman–Crippen LogP) is 7.37. The van der Waals surface area contributed by atoms with E-state index in [4.69, 9.17) is 9.73 Å². The molecule has 1 aliphatic heterocycles. The van der Waals surface area contributed by atoms with Crippen LogP contribution in [-0.4, -0.2) is 58.1 Å². The van der Waals surface area contributed by atoms with Gasteiger partial charge in [-0.3, -0.25) is 4.99 Å². The summed E-state index contributed by atoms with van der Waals surface area (Å²) in [5, 5.41) is 3.73. The summed E-state index contributed by atoms with van der Waals surface area (Å²) in [6.45, 7) is 16.3. The second kappa shape index (κ2) is 23.7. The summed E-state index contributed by atoms with van der Waals surface area (Å²) in [5.74, 6) is 2.78. The molecular weight excluding hydrogens is 611 g/mol. The highest BCUT2D eigenvalue weighted by Crippen LogP contribution is 2.38. The van der Waals surface area contributed by atoms with E-state index in [0.29, 0.717) is 35.2 Å². The Balaban J connectivity index is -0.00000125. The zero-order chi connectivity index (χ0) is 33.2. The molecule has 2 aromatic carbocycles. The number of methoxy groups -OCH3 is 1. The summed E-state index contributed by atoms with van der Waals surface area (Å²) in [7, 11) is -1.75. The molecule has 1 heterocycles. The SMILES string of the molecule is CC.CC.CC/C=C/COC.Cc1ccc2c(c1)CCC1NC(=NCC3CCC(CNS(=O)(=O)c4ccccc4C)CC3)CC21.O.O.[HH].[HH].